The van der Waals surface area contributed by atoms with Gasteiger partial charge in [0.15, 0.2) is 0 Å². The van der Waals surface area contributed by atoms with Crippen molar-refractivity contribution in [3.63, 3.8) is 0 Å². The number of benzene rings is 1. The Labute approximate surface area is 91.8 Å². The molecule has 1 saturated heterocycles. The largest absolute Gasteiger partial charge is 0.310 e. The minimum Gasteiger partial charge on any atom is -0.310 e. The summed E-state index contributed by atoms with van der Waals surface area (Å²) in [5.74, 6) is -0.190. The van der Waals surface area contributed by atoms with E-state index in [4.69, 9.17) is 0 Å². The first-order valence-electron chi connectivity index (χ1n) is 4.96. The fourth-order valence-electron chi connectivity index (χ4n) is 1.87. The summed E-state index contributed by atoms with van der Waals surface area (Å²) in [6, 6.07) is 5.66. The van der Waals surface area contributed by atoms with E-state index < -0.39 is 0 Å². The Morgan fingerprint density at radius 2 is 2.21 bits per heavy atom. The van der Waals surface area contributed by atoms with Crippen LogP contribution in [0.2, 0.25) is 0 Å². The molecule has 0 saturated carbocycles. The molecule has 1 aliphatic rings. The van der Waals surface area contributed by atoms with Gasteiger partial charge in [0.25, 0.3) is 0 Å². The molecule has 0 aromatic heterocycles. The smallest absolute Gasteiger partial charge is 0.137 e. The fraction of sp³-hybridized carbons (Fsp3) is 0.455. The summed E-state index contributed by atoms with van der Waals surface area (Å²) in [6.45, 7) is 1.07. The Bertz CT molecular complexity index is 321. The van der Waals surface area contributed by atoms with Gasteiger partial charge in [-0.05, 0) is 53.0 Å². The highest BCUT2D eigenvalue weighted by Crippen LogP contribution is 2.26. The Hall–Kier alpha value is -0.410. The Kier molecular flexibility index (Phi) is 3.19. The molecule has 2 rings (SSSR count). The molecule has 0 radical (unpaired) electrons. The average Bonchev–Trinajstić information content (AvgIpc) is 2.23. The summed E-state index contributed by atoms with van der Waals surface area (Å²) in [4.78, 5) is 0. The van der Waals surface area contributed by atoms with Crippen LogP contribution in [0, 0.1) is 5.82 Å². The lowest BCUT2D eigenvalue weighted by Crippen LogP contribution is -2.26. The van der Waals surface area contributed by atoms with Crippen LogP contribution in [-0.2, 0) is 0 Å². The maximum Gasteiger partial charge on any atom is 0.137 e. The highest BCUT2D eigenvalue weighted by Gasteiger charge is 2.15. The molecule has 14 heavy (non-hydrogen) atoms. The molecule has 0 unspecified atom stereocenters. The van der Waals surface area contributed by atoms with Crippen LogP contribution in [0.5, 0.6) is 0 Å². The number of halogens is 2. The zero-order valence-electron chi connectivity index (χ0n) is 7.89. The highest BCUT2D eigenvalue weighted by atomic mass is 79.9. The summed E-state index contributed by atoms with van der Waals surface area (Å²) in [5.41, 5.74) is 1.18. The Balaban J connectivity index is 2.18. The van der Waals surface area contributed by atoms with Gasteiger partial charge in [0.2, 0.25) is 0 Å². The maximum atomic E-state index is 13.0. The minimum absolute atomic E-state index is 0.190. The molecular weight excluding hydrogens is 245 g/mol. The van der Waals surface area contributed by atoms with E-state index in [1.165, 1.54) is 24.5 Å². The first-order chi connectivity index (χ1) is 6.77. The van der Waals surface area contributed by atoms with Crippen molar-refractivity contribution in [2.24, 2.45) is 0 Å². The SMILES string of the molecule is Fc1ccc([C@@H]2CCCCN2)cc1Br. The van der Waals surface area contributed by atoms with Gasteiger partial charge in [-0.3, -0.25) is 0 Å². The van der Waals surface area contributed by atoms with Crippen LogP contribution in [0.1, 0.15) is 30.9 Å². The molecule has 0 amide bonds. The standard InChI is InChI=1S/C11H13BrFN/c12-9-7-8(4-5-10(9)13)11-3-1-2-6-14-11/h4-5,7,11,14H,1-3,6H2/t11-/m0/s1. The van der Waals surface area contributed by atoms with Gasteiger partial charge in [-0.25, -0.2) is 4.39 Å². The zero-order chi connectivity index (χ0) is 9.97. The van der Waals surface area contributed by atoms with Crippen LogP contribution in [0.25, 0.3) is 0 Å². The number of piperidine rings is 1. The van der Waals surface area contributed by atoms with E-state index in [2.05, 4.69) is 21.2 Å². The summed E-state index contributed by atoms with van der Waals surface area (Å²) in [6.07, 6.45) is 3.66. The third-order valence-corrected chi connectivity index (χ3v) is 3.26. The van der Waals surface area contributed by atoms with Crippen molar-refractivity contribution in [3.05, 3.63) is 34.1 Å². The molecule has 1 aromatic carbocycles. The molecule has 0 bridgehead atoms. The Morgan fingerprint density at radius 1 is 1.36 bits per heavy atom. The molecule has 1 N–H and O–H groups in total. The van der Waals surface area contributed by atoms with E-state index in [0.29, 0.717) is 10.5 Å². The lowest BCUT2D eigenvalue weighted by atomic mass is 9.98. The van der Waals surface area contributed by atoms with Crippen LogP contribution in [-0.4, -0.2) is 6.54 Å². The second-order valence-electron chi connectivity index (χ2n) is 3.68. The van der Waals surface area contributed by atoms with Crippen LogP contribution in [0.4, 0.5) is 4.39 Å². The van der Waals surface area contributed by atoms with Gasteiger partial charge < -0.3 is 5.32 Å². The molecule has 1 aromatic rings. The van der Waals surface area contributed by atoms with E-state index in [0.717, 1.165) is 13.0 Å². The van der Waals surface area contributed by atoms with Crippen LogP contribution in [0.15, 0.2) is 22.7 Å². The minimum atomic E-state index is -0.190. The first-order valence-corrected chi connectivity index (χ1v) is 5.75. The molecule has 1 atom stereocenters. The van der Waals surface area contributed by atoms with Crippen molar-refractivity contribution in [3.8, 4) is 0 Å². The van der Waals surface area contributed by atoms with E-state index >= 15 is 0 Å². The van der Waals surface area contributed by atoms with Crippen molar-refractivity contribution >= 4 is 15.9 Å². The van der Waals surface area contributed by atoms with E-state index in [1.807, 2.05) is 12.1 Å². The Morgan fingerprint density at radius 3 is 2.86 bits per heavy atom. The van der Waals surface area contributed by atoms with E-state index in [-0.39, 0.29) is 5.82 Å². The number of hydrogen-bond acceptors (Lipinski definition) is 1. The third kappa shape index (κ3) is 2.15. The molecule has 1 nitrogen and oxygen atoms in total. The van der Waals surface area contributed by atoms with Crippen molar-refractivity contribution in [2.75, 3.05) is 6.54 Å². The molecule has 1 fully saturated rings. The summed E-state index contributed by atoms with van der Waals surface area (Å²) in [7, 11) is 0. The average molecular weight is 258 g/mol. The monoisotopic (exact) mass is 257 g/mol. The second kappa shape index (κ2) is 4.41. The first kappa shape index (κ1) is 10.1. The molecule has 0 aliphatic carbocycles. The van der Waals surface area contributed by atoms with E-state index in [9.17, 15) is 4.39 Å². The van der Waals surface area contributed by atoms with Gasteiger partial charge in [0.05, 0.1) is 4.47 Å². The molecular formula is C11H13BrFN. The summed E-state index contributed by atoms with van der Waals surface area (Å²) < 4.78 is 13.6. The normalized spacial score (nSPS) is 22.3. The maximum absolute atomic E-state index is 13.0. The number of rotatable bonds is 1. The quantitative estimate of drug-likeness (QED) is 0.814. The second-order valence-corrected chi connectivity index (χ2v) is 4.53. The molecule has 1 aliphatic heterocycles. The van der Waals surface area contributed by atoms with Crippen LogP contribution < -0.4 is 5.32 Å². The van der Waals surface area contributed by atoms with Crippen molar-refractivity contribution < 1.29 is 4.39 Å². The lowest BCUT2D eigenvalue weighted by Gasteiger charge is -2.23. The number of hydrogen-bond donors (Lipinski definition) is 1. The fourth-order valence-corrected chi connectivity index (χ4v) is 2.26. The zero-order valence-corrected chi connectivity index (χ0v) is 9.48. The third-order valence-electron chi connectivity index (χ3n) is 2.66. The van der Waals surface area contributed by atoms with Gasteiger partial charge in [-0.1, -0.05) is 12.5 Å². The van der Waals surface area contributed by atoms with Crippen molar-refractivity contribution in [2.45, 2.75) is 25.3 Å². The molecule has 76 valence electrons. The van der Waals surface area contributed by atoms with Crippen LogP contribution in [0.3, 0.4) is 0 Å². The van der Waals surface area contributed by atoms with Gasteiger partial charge >= 0.3 is 0 Å². The predicted molar refractivity (Wildman–Crippen MR) is 58.7 cm³/mol. The summed E-state index contributed by atoms with van der Waals surface area (Å²) >= 11 is 3.21. The van der Waals surface area contributed by atoms with Gasteiger partial charge in [-0.2, -0.15) is 0 Å². The molecule has 3 heteroatoms. The topological polar surface area (TPSA) is 12.0 Å². The van der Waals surface area contributed by atoms with Crippen molar-refractivity contribution in [1.82, 2.24) is 5.32 Å². The highest BCUT2D eigenvalue weighted by molar-refractivity contribution is 9.10. The number of nitrogens with one attached hydrogen (secondary N) is 1. The molecule has 0 spiro atoms. The predicted octanol–water partition coefficient (Wildman–Crippen LogP) is 3.40. The summed E-state index contributed by atoms with van der Waals surface area (Å²) in [5, 5.41) is 3.44. The van der Waals surface area contributed by atoms with Crippen molar-refractivity contribution in [1.29, 1.82) is 0 Å². The van der Waals surface area contributed by atoms with Gasteiger partial charge in [-0.15, -0.1) is 0 Å². The van der Waals surface area contributed by atoms with E-state index in [1.54, 1.807) is 0 Å². The van der Waals surface area contributed by atoms with Crippen LogP contribution >= 0.6 is 15.9 Å². The van der Waals surface area contributed by atoms with Gasteiger partial charge in [0.1, 0.15) is 5.82 Å². The lowest BCUT2D eigenvalue weighted by molar-refractivity contribution is 0.412. The van der Waals surface area contributed by atoms with Gasteiger partial charge in [0, 0.05) is 6.04 Å². The molecule has 1 heterocycles.